The maximum Gasteiger partial charge on any atom is 0.337 e. The van der Waals surface area contributed by atoms with Gasteiger partial charge in [0.2, 0.25) is 0 Å². The molecule has 2 aliphatic carbocycles. The van der Waals surface area contributed by atoms with Crippen LogP contribution >= 0.6 is 0 Å². The monoisotopic (exact) mass is 652 g/mol. The predicted octanol–water partition coefficient (Wildman–Crippen LogP) is 6.17. The SMILES string of the molecule is C=C1CCC2[C@](C)(COC(=O)CC)C(OC(=O)CC)CC[C@]2(C)[C@H]1C/C=C1/C(=O)OCC1OC(=O)/C=C/c1ccc(OC)c(OC)c1. The van der Waals surface area contributed by atoms with Gasteiger partial charge in [-0.1, -0.05) is 52.0 Å². The first-order chi connectivity index (χ1) is 22.4. The van der Waals surface area contributed by atoms with Crippen molar-refractivity contribution in [2.24, 2.45) is 22.7 Å². The molecule has 0 radical (unpaired) electrons. The molecule has 0 aromatic heterocycles. The number of hydrogen-bond acceptors (Lipinski definition) is 10. The van der Waals surface area contributed by atoms with Gasteiger partial charge >= 0.3 is 23.9 Å². The number of benzene rings is 1. The molecule has 10 nitrogen and oxygen atoms in total. The number of esters is 4. The molecular weight excluding hydrogens is 604 g/mol. The first-order valence-electron chi connectivity index (χ1n) is 16.4. The van der Waals surface area contributed by atoms with E-state index in [2.05, 4.69) is 20.4 Å². The summed E-state index contributed by atoms with van der Waals surface area (Å²) in [6, 6.07) is 5.26. The molecular formula is C37H48O10. The Bertz CT molecular complexity index is 1430. The van der Waals surface area contributed by atoms with Crippen LogP contribution in [0.25, 0.3) is 6.08 Å². The highest BCUT2D eigenvalue weighted by molar-refractivity contribution is 5.93. The molecule has 1 aliphatic heterocycles. The molecule has 4 rings (SSSR count). The Morgan fingerprint density at radius 1 is 1.02 bits per heavy atom. The minimum absolute atomic E-state index is 0.00696. The normalized spacial score (nSPS) is 29.6. The lowest BCUT2D eigenvalue weighted by molar-refractivity contribution is -0.193. The molecule has 47 heavy (non-hydrogen) atoms. The van der Waals surface area contributed by atoms with E-state index in [1.807, 2.05) is 6.08 Å². The van der Waals surface area contributed by atoms with Crippen LogP contribution in [0.3, 0.4) is 0 Å². The summed E-state index contributed by atoms with van der Waals surface area (Å²) < 4.78 is 33.2. The van der Waals surface area contributed by atoms with Gasteiger partial charge in [0.05, 0.1) is 19.8 Å². The fourth-order valence-corrected chi connectivity index (χ4v) is 7.69. The van der Waals surface area contributed by atoms with E-state index >= 15 is 0 Å². The van der Waals surface area contributed by atoms with Crippen LogP contribution in [0.4, 0.5) is 0 Å². The molecule has 1 saturated heterocycles. The molecule has 3 aliphatic rings. The van der Waals surface area contributed by atoms with Gasteiger partial charge in [-0.2, -0.15) is 0 Å². The van der Waals surface area contributed by atoms with Gasteiger partial charge in [-0.15, -0.1) is 0 Å². The summed E-state index contributed by atoms with van der Waals surface area (Å²) in [7, 11) is 3.08. The van der Waals surface area contributed by atoms with Crippen LogP contribution in [0.1, 0.15) is 78.2 Å². The van der Waals surface area contributed by atoms with Gasteiger partial charge in [0.15, 0.2) is 17.6 Å². The summed E-state index contributed by atoms with van der Waals surface area (Å²) in [5.74, 6) is -0.536. The maximum atomic E-state index is 12.8. The third-order valence-corrected chi connectivity index (χ3v) is 10.3. The summed E-state index contributed by atoms with van der Waals surface area (Å²) in [6.07, 6.45) is 7.48. The number of hydrogen-bond donors (Lipinski definition) is 0. The van der Waals surface area contributed by atoms with E-state index in [0.717, 1.165) is 24.8 Å². The first-order valence-corrected chi connectivity index (χ1v) is 16.4. The Morgan fingerprint density at radius 3 is 2.43 bits per heavy atom. The Kier molecular flexibility index (Phi) is 11.6. The summed E-state index contributed by atoms with van der Waals surface area (Å²) in [5.41, 5.74) is 1.23. The van der Waals surface area contributed by atoms with Gasteiger partial charge in [-0.05, 0) is 73.1 Å². The smallest absolute Gasteiger partial charge is 0.337 e. The zero-order chi connectivity index (χ0) is 34.4. The Morgan fingerprint density at radius 2 is 1.74 bits per heavy atom. The Labute approximate surface area is 277 Å². The highest BCUT2D eigenvalue weighted by Gasteiger charge is 2.59. The second-order valence-corrected chi connectivity index (χ2v) is 13.1. The number of allylic oxidation sites excluding steroid dienone is 2. The molecule has 3 unspecified atom stereocenters. The van der Waals surface area contributed by atoms with Gasteiger partial charge in [0.25, 0.3) is 0 Å². The van der Waals surface area contributed by atoms with Crippen molar-refractivity contribution in [3.05, 3.63) is 53.6 Å². The summed E-state index contributed by atoms with van der Waals surface area (Å²) in [5, 5.41) is 0. The van der Waals surface area contributed by atoms with Crippen molar-refractivity contribution < 1.29 is 47.6 Å². The van der Waals surface area contributed by atoms with Crippen molar-refractivity contribution in [3.8, 4) is 11.5 Å². The van der Waals surface area contributed by atoms with Crippen molar-refractivity contribution in [3.63, 3.8) is 0 Å². The molecule has 0 amide bonds. The molecule has 0 N–H and O–H groups in total. The van der Waals surface area contributed by atoms with Crippen molar-refractivity contribution in [2.75, 3.05) is 27.4 Å². The standard InChI is InChI=1S/C37H48O10/c1-8-32(38)45-22-37(5)30-16-10-23(3)26(36(30,4)19-18-31(37)47-33(39)9-2)14-13-25-29(21-44-35(25)41)46-34(40)17-12-24-11-15-27(42-6)28(20-24)43-7/h11-13,15,17,20,26,29-31H,3,8-10,14,16,18-19,21-22H2,1-2,4-7H3/b17-12+,25-13+/t26-,29?,30?,31?,36+,37-/m0/s1. The summed E-state index contributed by atoms with van der Waals surface area (Å²) >= 11 is 0. The average molecular weight is 653 g/mol. The van der Waals surface area contributed by atoms with Crippen LogP contribution in [0.2, 0.25) is 0 Å². The summed E-state index contributed by atoms with van der Waals surface area (Å²) in [4.78, 5) is 50.3. The van der Waals surface area contributed by atoms with Gasteiger partial charge < -0.3 is 28.4 Å². The number of fused-ring (bicyclic) bond motifs is 1. The maximum absolute atomic E-state index is 12.8. The van der Waals surface area contributed by atoms with E-state index in [9.17, 15) is 19.2 Å². The van der Waals surface area contributed by atoms with E-state index in [0.29, 0.717) is 35.5 Å². The van der Waals surface area contributed by atoms with Crippen molar-refractivity contribution in [1.29, 1.82) is 0 Å². The summed E-state index contributed by atoms with van der Waals surface area (Å²) in [6.45, 7) is 12.3. The van der Waals surface area contributed by atoms with Crippen LogP contribution in [-0.4, -0.2) is 63.5 Å². The lowest BCUT2D eigenvalue weighted by atomic mass is 9.46. The fourth-order valence-electron chi connectivity index (χ4n) is 7.69. The number of carbonyl (C=O) groups excluding carboxylic acids is 4. The lowest BCUT2D eigenvalue weighted by Crippen LogP contribution is -2.58. The largest absolute Gasteiger partial charge is 0.493 e. The second-order valence-electron chi connectivity index (χ2n) is 13.1. The van der Waals surface area contributed by atoms with Crippen LogP contribution < -0.4 is 9.47 Å². The number of rotatable bonds is 12. The van der Waals surface area contributed by atoms with Crippen molar-refractivity contribution >= 4 is 30.0 Å². The van der Waals surface area contributed by atoms with Gasteiger partial charge in [0, 0.05) is 24.3 Å². The third-order valence-electron chi connectivity index (χ3n) is 10.3. The molecule has 1 aromatic rings. The molecule has 256 valence electrons. The van der Waals surface area contributed by atoms with E-state index < -0.39 is 23.5 Å². The highest BCUT2D eigenvalue weighted by Crippen LogP contribution is 2.62. The zero-order valence-electron chi connectivity index (χ0n) is 28.4. The molecule has 0 spiro atoms. The minimum atomic E-state index is -0.839. The molecule has 6 atom stereocenters. The van der Waals surface area contributed by atoms with Crippen molar-refractivity contribution in [1.82, 2.24) is 0 Å². The van der Waals surface area contributed by atoms with Gasteiger partial charge in [-0.25, -0.2) is 9.59 Å². The van der Waals surface area contributed by atoms with E-state index in [4.69, 9.17) is 28.4 Å². The quantitative estimate of drug-likeness (QED) is 0.112. The molecule has 0 bridgehead atoms. The minimum Gasteiger partial charge on any atom is -0.493 e. The fraction of sp³-hybridized carbons (Fsp3) is 0.568. The van der Waals surface area contributed by atoms with Crippen LogP contribution in [-0.2, 0) is 38.1 Å². The van der Waals surface area contributed by atoms with Gasteiger partial charge in [0.1, 0.15) is 19.3 Å². The van der Waals surface area contributed by atoms with E-state index in [1.54, 1.807) is 45.2 Å². The zero-order valence-corrected chi connectivity index (χ0v) is 28.4. The Balaban J connectivity index is 1.52. The van der Waals surface area contributed by atoms with Crippen LogP contribution in [0, 0.1) is 22.7 Å². The second kappa shape index (κ2) is 15.2. The number of carbonyl (C=O) groups is 4. The third kappa shape index (κ3) is 7.74. The van der Waals surface area contributed by atoms with Crippen LogP contribution in [0.5, 0.6) is 11.5 Å². The molecule has 10 heteroatoms. The van der Waals surface area contributed by atoms with Gasteiger partial charge in [-0.3, -0.25) is 9.59 Å². The molecule has 1 aromatic carbocycles. The first kappa shape index (κ1) is 35.8. The molecule has 2 saturated carbocycles. The number of methoxy groups -OCH3 is 2. The number of ether oxygens (including phenoxy) is 6. The van der Waals surface area contributed by atoms with E-state index in [-0.39, 0.29) is 61.3 Å². The van der Waals surface area contributed by atoms with Crippen LogP contribution in [0.15, 0.2) is 48.1 Å². The molecule has 1 heterocycles. The average Bonchev–Trinajstić information content (AvgIpc) is 3.41. The number of cyclic esters (lactones) is 1. The Hall–Kier alpha value is -4.08. The molecule has 3 fully saturated rings. The topological polar surface area (TPSA) is 124 Å². The predicted molar refractivity (Wildman–Crippen MR) is 174 cm³/mol. The highest BCUT2D eigenvalue weighted by atomic mass is 16.6. The lowest BCUT2D eigenvalue weighted by Gasteiger charge is -2.60. The van der Waals surface area contributed by atoms with Crippen molar-refractivity contribution in [2.45, 2.75) is 84.8 Å². The van der Waals surface area contributed by atoms with E-state index in [1.165, 1.54) is 13.2 Å².